The molecule has 6 nitrogen and oxygen atoms in total. The number of benzene rings is 1. The fraction of sp³-hybridized carbons (Fsp3) is 0.143. The first-order valence-corrected chi connectivity index (χ1v) is 10.5. The van der Waals surface area contributed by atoms with Gasteiger partial charge in [-0.1, -0.05) is 22.0 Å². The first kappa shape index (κ1) is 18.2. The van der Waals surface area contributed by atoms with Crippen LogP contribution in [0, 0.1) is 13.8 Å². The Morgan fingerprint density at radius 3 is 2.72 bits per heavy atom. The summed E-state index contributed by atoms with van der Waals surface area (Å²) in [6.45, 7) is 3.86. The average molecular weight is 468 g/mol. The Hall–Kier alpha value is -2.84. The summed E-state index contributed by atoms with van der Waals surface area (Å²) in [7, 11) is 0. The van der Waals surface area contributed by atoms with E-state index in [0.29, 0.717) is 21.7 Å². The number of pyridine rings is 1. The van der Waals surface area contributed by atoms with E-state index in [2.05, 4.69) is 25.9 Å². The summed E-state index contributed by atoms with van der Waals surface area (Å²) < 4.78 is 6.70. The molecule has 0 aliphatic carbocycles. The third-order valence-corrected chi connectivity index (χ3v) is 6.62. The number of nitrogens with zero attached hydrogens (tertiary/aromatic N) is 3. The highest BCUT2D eigenvalue weighted by atomic mass is 79.9. The predicted molar refractivity (Wildman–Crippen MR) is 115 cm³/mol. The van der Waals surface area contributed by atoms with Crippen LogP contribution in [0.2, 0.25) is 0 Å². The van der Waals surface area contributed by atoms with E-state index < -0.39 is 6.04 Å². The Morgan fingerprint density at radius 1 is 1.21 bits per heavy atom. The molecule has 0 saturated heterocycles. The summed E-state index contributed by atoms with van der Waals surface area (Å²) in [6, 6.07) is 8.18. The molecular formula is C21H14BrN3O3S. The summed E-state index contributed by atoms with van der Waals surface area (Å²) in [6.07, 6.45) is 3.32. The number of rotatable bonds is 2. The maximum Gasteiger partial charge on any atom is 0.297 e. The molecular weight excluding hydrogens is 454 g/mol. The number of amides is 1. The van der Waals surface area contributed by atoms with Gasteiger partial charge in [-0.3, -0.25) is 19.5 Å². The molecule has 4 aromatic rings. The van der Waals surface area contributed by atoms with Crippen LogP contribution in [0.1, 0.15) is 38.3 Å². The minimum absolute atomic E-state index is 0.0594. The standard InChI is InChI=1S/C21H14BrN3O3S/c1-10-11(2)29-21(24-10)25-17(12-4-3-7-23-9-12)16-18(26)14-8-13(22)5-6-15(14)28-19(16)20(25)27/h3-9,17H,1-2H3. The second-order valence-electron chi connectivity index (χ2n) is 6.82. The van der Waals surface area contributed by atoms with Gasteiger partial charge in [-0.25, -0.2) is 4.98 Å². The molecule has 0 fully saturated rings. The Labute approximate surface area is 178 Å². The molecule has 4 heterocycles. The van der Waals surface area contributed by atoms with Crippen molar-refractivity contribution in [3.05, 3.63) is 84.9 Å². The van der Waals surface area contributed by atoms with Crippen LogP contribution in [-0.4, -0.2) is 15.9 Å². The molecule has 0 saturated carbocycles. The van der Waals surface area contributed by atoms with Crippen molar-refractivity contribution in [1.82, 2.24) is 9.97 Å². The lowest BCUT2D eigenvalue weighted by Gasteiger charge is -2.22. The summed E-state index contributed by atoms with van der Waals surface area (Å²) in [5, 5.41) is 0.961. The highest BCUT2D eigenvalue weighted by molar-refractivity contribution is 9.10. The number of halogens is 1. The van der Waals surface area contributed by atoms with E-state index in [9.17, 15) is 9.59 Å². The summed E-state index contributed by atoms with van der Waals surface area (Å²) >= 11 is 4.82. The number of aromatic nitrogens is 2. The Bertz CT molecular complexity index is 1330. The number of aryl methyl sites for hydroxylation is 2. The Morgan fingerprint density at radius 2 is 2.03 bits per heavy atom. The van der Waals surface area contributed by atoms with Crippen molar-refractivity contribution >= 4 is 49.3 Å². The second-order valence-corrected chi connectivity index (χ2v) is 8.91. The number of hydrogen-bond acceptors (Lipinski definition) is 6. The molecule has 1 aromatic carbocycles. The van der Waals surface area contributed by atoms with Gasteiger partial charge in [-0.15, -0.1) is 11.3 Å². The maximum atomic E-state index is 13.5. The van der Waals surface area contributed by atoms with Gasteiger partial charge in [-0.2, -0.15) is 0 Å². The topological polar surface area (TPSA) is 76.3 Å². The third-order valence-electron chi connectivity index (χ3n) is 5.06. The number of thiazole rings is 1. The lowest BCUT2D eigenvalue weighted by atomic mass is 10.0. The summed E-state index contributed by atoms with van der Waals surface area (Å²) in [5.74, 6) is -0.311. The third kappa shape index (κ3) is 2.74. The number of hydrogen-bond donors (Lipinski definition) is 0. The van der Waals surface area contributed by atoms with E-state index in [1.165, 1.54) is 11.3 Å². The van der Waals surface area contributed by atoms with Gasteiger partial charge < -0.3 is 4.42 Å². The van der Waals surface area contributed by atoms with E-state index >= 15 is 0 Å². The molecule has 3 aromatic heterocycles. The van der Waals surface area contributed by atoms with Crippen molar-refractivity contribution < 1.29 is 9.21 Å². The highest BCUT2D eigenvalue weighted by Gasteiger charge is 2.45. The van der Waals surface area contributed by atoms with Crippen molar-refractivity contribution in [1.29, 1.82) is 0 Å². The van der Waals surface area contributed by atoms with E-state index in [-0.39, 0.29) is 17.1 Å². The molecule has 29 heavy (non-hydrogen) atoms. The molecule has 0 N–H and O–H groups in total. The van der Waals surface area contributed by atoms with Crippen molar-refractivity contribution in [2.24, 2.45) is 0 Å². The van der Waals surface area contributed by atoms with Crippen LogP contribution in [0.5, 0.6) is 0 Å². The minimum atomic E-state index is -0.643. The second kappa shape index (κ2) is 6.60. The smallest absolute Gasteiger partial charge is 0.297 e. The maximum absolute atomic E-state index is 13.5. The van der Waals surface area contributed by atoms with Crippen LogP contribution in [0.25, 0.3) is 11.0 Å². The van der Waals surface area contributed by atoms with Gasteiger partial charge in [0.05, 0.1) is 22.7 Å². The predicted octanol–water partition coefficient (Wildman–Crippen LogP) is 4.77. The van der Waals surface area contributed by atoms with Gasteiger partial charge in [0, 0.05) is 21.7 Å². The summed E-state index contributed by atoms with van der Waals surface area (Å²) in [4.78, 5) is 38.2. The number of fused-ring (bicyclic) bond motifs is 2. The molecule has 8 heteroatoms. The molecule has 1 unspecified atom stereocenters. The largest absolute Gasteiger partial charge is 0.450 e. The normalized spacial score (nSPS) is 15.9. The zero-order valence-corrected chi connectivity index (χ0v) is 17.9. The first-order chi connectivity index (χ1) is 14.0. The van der Waals surface area contributed by atoms with Crippen LogP contribution >= 0.6 is 27.3 Å². The fourth-order valence-corrected chi connectivity index (χ4v) is 4.85. The van der Waals surface area contributed by atoms with Crippen molar-refractivity contribution in [2.75, 3.05) is 4.90 Å². The molecule has 0 bridgehead atoms. The molecule has 1 atom stereocenters. The summed E-state index contributed by atoms with van der Waals surface area (Å²) in [5.41, 5.74) is 2.05. The SMILES string of the molecule is Cc1nc(N2C(=O)c3oc4ccc(Br)cc4c(=O)c3C2c2cccnc2)sc1C. The molecule has 1 aliphatic heterocycles. The van der Waals surface area contributed by atoms with E-state index in [4.69, 9.17) is 4.42 Å². The van der Waals surface area contributed by atoms with Crippen molar-refractivity contribution in [3.63, 3.8) is 0 Å². The van der Waals surface area contributed by atoms with E-state index in [1.807, 2.05) is 19.9 Å². The van der Waals surface area contributed by atoms with Gasteiger partial charge in [0.1, 0.15) is 5.58 Å². The number of anilines is 1. The van der Waals surface area contributed by atoms with Crippen LogP contribution in [0.3, 0.4) is 0 Å². The quantitative estimate of drug-likeness (QED) is 0.424. The van der Waals surface area contributed by atoms with E-state index in [1.54, 1.807) is 41.6 Å². The van der Waals surface area contributed by atoms with Gasteiger partial charge in [0.2, 0.25) is 5.76 Å². The number of carbonyl (C=O) groups is 1. The minimum Gasteiger partial charge on any atom is -0.450 e. The highest BCUT2D eigenvalue weighted by Crippen LogP contribution is 2.42. The van der Waals surface area contributed by atoms with Crippen LogP contribution < -0.4 is 10.3 Å². The zero-order valence-electron chi connectivity index (χ0n) is 15.5. The van der Waals surface area contributed by atoms with Gasteiger partial charge >= 0.3 is 0 Å². The lowest BCUT2D eigenvalue weighted by Crippen LogP contribution is -2.29. The lowest BCUT2D eigenvalue weighted by molar-refractivity contribution is 0.0971. The molecule has 5 rings (SSSR count). The number of carbonyl (C=O) groups excluding carboxylic acids is 1. The average Bonchev–Trinajstić information content (AvgIpc) is 3.20. The Kier molecular flexibility index (Phi) is 4.15. The fourth-order valence-electron chi connectivity index (χ4n) is 3.55. The Balaban J connectivity index is 1.83. The van der Waals surface area contributed by atoms with Gasteiger partial charge in [-0.05, 0) is 43.7 Å². The molecule has 0 radical (unpaired) electrons. The van der Waals surface area contributed by atoms with Crippen molar-refractivity contribution in [3.8, 4) is 0 Å². The van der Waals surface area contributed by atoms with E-state index in [0.717, 1.165) is 20.6 Å². The molecule has 0 spiro atoms. The molecule has 144 valence electrons. The molecule has 1 aliphatic rings. The van der Waals surface area contributed by atoms with Gasteiger partial charge in [0.15, 0.2) is 10.6 Å². The molecule has 1 amide bonds. The van der Waals surface area contributed by atoms with Crippen LogP contribution in [0.4, 0.5) is 5.13 Å². The van der Waals surface area contributed by atoms with Crippen molar-refractivity contribution in [2.45, 2.75) is 19.9 Å². The van der Waals surface area contributed by atoms with Gasteiger partial charge in [0.25, 0.3) is 5.91 Å². The monoisotopic (exact) mass is 467 g/mol. The zero-order chi connectivity index (χ0) is 20.3. The van der Waals surface area contributed by atoms with Crippen LogP contribution in [-0.2, 0) is 0 Å². The first-order valence-electron chi connectivity index (χ1n) is 8.89. The van der Waals surface area contributed by atoms with Crippen LogP contribution in [0.15, 0.2) is 56.4 Å².